The molecule has 0 aromatic carbocycles. The summed E-state index contributed by atoms with van der Waals surface area (Å²) in [6.45, 7) is 11.2. The van der Waals surface area contributed by atoms with Gasteiger partial charge in [-0.25, -0.2) is 0 Å². The van der Waals surface area contributed by atoms with E-state index in [2.05, 4.69) is 6.92 Å². The van der Waals surface area contributed by atoms with Crippen molar-refractivity contribution in [1.29, 1.82) is 0 Å². The molecule has 0 N–H and O–H groups in total. The van der Waals surface area contributed by atoms with Crippen molar-refractivity contribution in [2.75, 3.05) is 26.4 Å². The lowest BCUT2D eigenvalue weighted by Crippen LogP contribution is -2.30. The first-order valence-corrected chi connectivity index (χ1v) is 6.68. The van der Waals surface area contributed by atoms with Crippen LogP contribution in [0.2, 0.25) is 5.54 Å². The molecule has 1 atom stereocenters. The molecule has 3 nitrogen and oxygen atoms in total. The number of rotatable bonds is 8. The Bertz CT molecular complexity index is 105. The van der Waals surface area contributed by atoms with Crippen LogP contribution in [-0.2, 0) is 13.6 Å². The largest absolute Gasteiger partial charge is 0.397 e. The maximum atomic E-state index is 5.58. The SMILES string of the molecule is CCOCC(C)[SiH](OCC)OCC. The maximum absolute atomic E-state index is 5.58. The van der Waals surface area contributed by atoms with E-state index in [0.29, 0.717) is 5.54 Å². The summed E-state index contributed by atoms with van der Waals surface area (Å²) in [5.74, 6) is 0. The van der Waals surface area contributed by atoms with Crippen molar-refractivity contribution in [3.05, 3.63) is 0 Å². The van der Waals surface area contributed by atoms with Crippen LogP contribution < -0.4 is 0 Å². The van der Waals surface area contributed by atoms with Crippen molar-refractivity contribution in [2.45, 2.75) is 33.2 Å². The van der Waals surface area contributed by atoms with Gasteiger partial charge in [-0.2, -0.15) is 0 Å². The molecule has 0 saturated carbocycles. The van der Waals surface area contributed by atoms with E-state index >= 15 is 0 Å². The molecule has 0 bridgehead atoms. The Morgan fingerprint density at radius 1 is 1.00 bits per heavy atom. The summed E-state index contributed by atoms with van der Waals surface area (Å²) >= 11 is 0. The lowest BCUT2D eigenvalue weighted by molar-refractivity contribution is 0.127. The molecule has 0 rings (SSSR count). The first-order valence-electron chi connectivity index (χ1n) is 5.07. The van der Waals surface area contributed by atoms with E-state index in [1.165, 1.54) is 0 Å². The van der Waals surface area contributed by atoms with Gasteiger partial charge in [-0.05, 0) is 20.8 Å². The zero-order valence-electron chi connectivity index (χ0n) is 9.21. The average molecular weight is 206 g/mol. The van der Waals surface area contributed by atoms with E-state index in [9.17, 15) is 0 Å². The molecule has 0 heterocycles. The molecule has 13 heavy (non-hydrogen) atoms. The second-order valence-electron chi connectivity index (χ2n) is 2.92. The molecule has 1 unspecified atom stereocenters. The van der Waals surface area contributed by atoms with Crippen LogP contribution in [0.1, 0.15) is 27.7 Å². The van der Waals surface area contributed by atoms with Crippen molar-refractivity contribution in [2.24, 2.45) is 0 Å². The Hall–Kier alpha value is 0.0969. The van der Waals surface area contributed by atoms with Gasteiger partial charge in [-0.3, -0.25) is 0 Å². The molecule has 0 aliphatic carbocycles. The minimum absolute atomic E-state index is 0.430. The molecular weight excluding hydrogens is 184 g/mol. The first kappa shape index (κ1) is 13.1. The fourth-order valence-electron chi connectivity index (χ4n) is 1.09. The van der Waals surface area contributed by atoms with Gasteiger partial charge in [0.15, 0.2) is 0 Å². The van der Waals surface area contributed by atoms with Crippen molar-refractivity contribution in [3.8, 4) is 0 Å². The van der Waals surface area contributed by atoms with Gasteiger partial charge < -0.3 is 13.6 Å². The summed E-state index contributed by atoms with van der Waals surface area (Å²) in [5.41, 5.74) is 0.430. The van der Waals surface area contributed by atoms with Gasteiger partial charge in [-0.1, -0.05) is 6.92 Å². The predicted molar refractivity (Wildman–Crippen MR) is 56.3 cm³/mol. The zero-order chi connectivity index (χ0) is 10.1. The molecule has 0 aliphatic rings. The van der Waals surface area contributed by atoms with Gasteiger partial charge in [0.25, 0.3) is 0 Å². The minimum atomic E-state index is -1.48. The van der Waals surface area contributed by atoms with Crippen LogP contribution in [0, 0.1) is 0 Å². The highest BCUT2D eigenvalue weighted by molar-refractivity contribution is 6.46. The van der Waals surface area contributed by atoms with Gasteiger partial charge >= 0.3 is 9.28 Å². The van der Waals surface area contributed by atoms with E-state index in [4.69, 9.17) is 13.6 Å². The Labute approximate surface area is 83.2 Å². The molecule has 0 fully saturated rings. The fraction of sp³-hybridized carbons (Fsp3) is 1.00. The Balaban J connectivity index is 3.72. The standard InChI is InChI=1S/C9H22O3Si/c1-5-10-8-9(4)13(11-6-2)12-7-3/h9,13H,5-8H2,1-4H3. The highest BCUT2D eigenvalue weighted by atomic mass is 28.3. The van der Waals surface area contributed by atoms with Gasteiger partial charge in [0.1, 0.15) is 0 Å². The van der Waals surface area contributed by atoms with Crippen LogP contribution in [-0.4, -0.2) is 35.7 Å². The lowest BCUT2D eigenvalue weighted by Gasteiger charge is -2.20. The van der Waals surface area contributed by atoms with Crippen molar-refractivity contribution < 1.29 is 13.6 Å². The first-order chi connectivity index (χ1) is 6.26. The Morgan fingerprint density at radius 2 is 1.54 bits per heavy atom. The molecule has 4 heteroatoms. The molecule has 0 aromatic heterocycles. The fourth-order valence-corrected chi connectivity index (χ4v) is 2.79. The monoisotopic (exact) mass is 206 g/mol. The second kappa shape index (κ2) is 8.68. The van der Waals surface area contributed by atoms with Gasteiger partial charge in [0.2, 0.25) is 0 Å². The summed E-state index contributed by atoms with van der Waals surface area (Å²) in [4.78, 5) is 0. The zero-order valence-corrected chi connectivity index (χ0v) is 10.4. The highest BCUT2D eigenvalue weighted by Crippen LogP contribution is 2.12. The van der Waals surface area contributed by atoms with E-state index < -0.39 is 9.28 Å². The third-order valence-corrected chi connectivity index (χ3v) is 4.16. The molecule has 0 aromatic rings. The van der Waals surface area contributed by atoms with Crippen molar-refractivity contribution in [3.63, 3.8) is 0 Å². The molecule has 0 saturated heterocycles. The summed E-state index contributed by atoms with van der Waals surface area (Å²) in [5, 5.41) is 0. The molecular formula is C9H22O3Si. The second-order valence-corrected chi connectivity index (χ2v) is 5.46. The van der Waals surface area contributed by atoms with Crippen LogP contribution in [0.5, 0.6) is 0 Å². The predicted octanol–water partition coefficient (Wildman–Crippen LogP) is 1.71. The number of hydrogen-bond donors (Lipinski definition) is 0. The van der Waals surface area contributed by atoms with E-state index in [1.807, 2.05) is 20.8 Å². The van der Waals surface area contributed by atoms with Gasteiger partial charge in [0, 0.05) is 25.4 Å². The van der Waals surface area contributed by atoms with Gasteiger partial charge in [-0.15, -0.1) is 0 Å². The van der Waals surface area contributed by atoms with Crippen molar-refractivity contribution in [1.82, 2.24) is 0 Å². The smallest absolute Gasteiger partial charge is 0.326 e. The number of ether oxygens (including phenoxy) is 1. The molecule has 0 amide bonds. The molecule has 0 aliphatic heterocycles. The summed E-state index contributed by atoms with van der Waals surface area (Å²) in [6, 6.07) is 0. The van der Waals surface area contributed by atoms with Gasteiger partial charge in [0.05, 0.1) is 6.61 Å². The maximum Gasteiger partial charge on any atom is 0.326 e. The summed E-state index contributed by atoms with van der Waals surface area (Å²) < 4.78 is 16.5. The Kier molecular flexibility index (Phi) is 8.75. The van der Waals surface area contributed by atoms with E-state index in [1.54, 1.807) is 0 Å². The summed E-state index contributed by atoms with van der Waals surface area (Å²) in [6.07, 6.45) is 0. The average Bonchev–Trinajstić information content (AvgIpc) is 2.14. The lowest BCUT2D eigenvalue weighted by atomic mass is 10.5. The van der Waals surface area contributed by atoms with Crippen LogP contribution in [0.4, 0.5) is 0 Å². The van der Waals surface area contributed by atoms with E-state index in [0.717, 1.165) is 26.4 Å². The normalized spacial score (nSPS) is 13.6. The Morgan fingerprint density at radius 3 is 1.92 bits per heavy atom. The van der Waals surface area contributed by atoms with Crippen LogP contribution in [0.25, 0.3) is 0 Å². The number of hydrogen-bond acceptors (Lipinski definition) is 3. The van der Waals surface area contributed by atoms with Crippen molar-refractivity contribution >= 4 is 9.28 Å². The third-order valence-electron chi connectivity index (χ3n) is 1.71. The topological polar surface area (TPSA) is 27.7 Å². The quantitative estimate of drug-likeness (QED) is 0.566. The van der Waals surface area contributed by atoms with Crippen LogP contribution >= 0.6 is 0 Å². The van der Waals surface area contributed by atoms with Crippen LogP contribution in [0.15, 0.2) is 0 Å². The molecule has 0 spiro atoms. The molecule has 80 valence electrons. The minimum Gasteiger partial charge on any atom is -0.397 e. The molecule has 0 radical (unpaired) electrons. The third kappa shape index (κ3) is 6.21. The van der Waals surface area contributed by atoms with Crippen LogP contribution in [0.3, 0.4) is 0 Å². The summed E-state index contributed by atoms with van der Waals surface area (Å²) in [7, 11) is -1.48. The highest BCUT2D eigenvalue weighted by Gasteiger charge is 2.21. The van der Waals surface area contributed by atoms with E-state index in [-0.39, 0.29) is 0 Å².